The molecule has 0 aromatic carbocycles. The summed E-state index contributed by atoms with van der Waals surface area (Å²) >= 11 is 0. The lowest BCUT2D eigenvalue weighted by Crippen LogP contribution is -2.35. The second-order valence-electron chi connectivity index (χ2n) is 5.49. The van der Waals surface area contributed by atoms with Gasteiger partial charge in [-0.05, 0) is 18.8 Å². The standard InChI is InChI=1S/C16H29NO6/c1-5-12(6-2)8-9-13(15(19)20)10-17-16(21)23-11(4)22-14(18)7-3/h11-13H,5-10H2,1-4H3,(H,17,21)(H,19,20)/t11-,13-/m0/s1. The summed E-state index contributed by atoms with van der Waals surface area (Å²) in [5.41, 5.74) is 0. The van der Waals surface area contributed by atoms with Gasteiger partial charge in [0.15, 0.2) is 0 Å². The number of hydrogen-bond donors (Lipinski definition) is 2. The molecule has 2 N–H and O–H groups in total. The van der Waals surface area contributed by atoms with Crippen molar-refractivity contribution < 1.29 is 29.0 Å². The highest BCUT2D eigenvalue weighted by molar-refractivity contribution is 5.73. The van der Waals surface area contributed by atoms with E-state index < -0.39 is 30.2 Å². The van der Waals surface area contributed by atoms with Crippen LogP contribution in [-0.4, -0.2) is 36.0 Å². The van der Waals surface area contributed by atoms with E-state index >= 15 is 0 Å². The SMILES string of the molecule is CCC(=O)O[C@H](C)OC(=O)NC[C@H](CCC(CC)CC)C(=O)O. The molecular weight excluding hydrogens is 302 g/mol. The van der Waals surface area contributed by atoms with Gasteiger partial charge in [-0.15, -0.1) is 0 Å². The highest BCUT2D eigenvalue weighted by Gasteiger charge is 2.21. The molecule has 0 rings (SSSR count). The molecule has 2 atom stereocenters. The van der Waals surface area contributed by atoms with Gasteiger partial charge < -0.3 is 19.9 Å². The van der Waals surface area contributed by atoms with Crippen LogP contribution < -0.4 is 5.32 Å². The number of carbonyl (C=O) groups excluding carboxylic acids is 2. The van der Waals surface area contributed by atoms with Gasteiger partial charge in [-0.2, -0.15) is 0 Å². The van der Waals surface area contributed by atoms with Gasteiger partial charge in [0.25, 0.3) is 0 Å². The van der Waals surface area contributed by atoms with Gasteiger partial charge >= 0.3 is 18.0 Å². The largest absolute Gasteiger partial charge is 0.481 e. The first-order valence-electron chi connectivity index (χ1n) is 8.20. The van der Waals surface area contributed by atoms with Crippen molar-refractivity contribution in [2.24, 2.45) is 11.8 Å². The summed E-state index contributed by atoms with van der Waals surface area (Å²) < 4.78 is 9.63. The quantitative estimate of drug-likeness (QED) is 0.446. The molecule has 23 heavy (non-hydrogen) atoms. The minimum Gasteiger partial charge on any atom is -0.481 e. The molecular formula is C16H29NO6. The van der Waals surface area contributed by atoms with Crippen molar-refractivity contribution in [2.75, 3.05) is 6.54 Å². The van der Waals surface area contributed by atoms with Gasteiger partial charge in [0.05, 0.1) is 5.92 Å². The number of carboxylic acid groups (broad SMARTS) is 1. The van der Waals surface area contributed by atoms with E-state index in [-0.39, 0.29) is 13.0 Å². The van der Waals surface area contributed by atoms with Crippen molar-refractivity contribution in [2.45, 2.75) is 66.1 Å². The summed E-state index contributed by atoms with van der Waals surface area (Å²) in [6.07, 6.45) is 1.72. The van der Waals surface area contributed by atoms with Gasteiger partial charge in [0, 0.05) is 19.9 Å². The Hall–Kier alpha value is -1.79. The molecule has 0 aromatic rings. The van der Waals surface area contributed by atoms with Gasteiger partial charge in [-0.25, -0.2) is 4.79 Å². The summed E-state index contributed by atoms with van der Waals surface area (Å²) in [4.78, 5) is 33.9. The second kappa shape index (κ2) is 11.7. The van der Waals surface area contributed by atoms with Gasteiger partial charge in [-0.1, -0.05) is 33.6 Å². The molecule has 0 spiro atoms. The number of nitrogens with one attached hydrogen (secondary N) is 1. The van der Waals surface area contributed by atoms with Crippen LogP contribution in [0.3, 0.4) is 0 Å². The van der Waals surface area contributed by atoms with Crippen LogP contribution in [0.2, 0.25) is 0 Å². The maximum Gasteiger partial charge on any atom is 0.410 e. The number of ether oxygens (including phenoxy) is 2. The average Bonchev–Trinajstić information content (AvgIpc) is 2.50. The number of amides is 1. The summed E-state index contributed by atoms with van der Waals surface area (Å²) in [5.74, 6) is -1.57. The molecule has 0 saturated heterocycles. The summed E-state index contributed by atoms with van der Waals surface area (Å²) in [6, 6.07) is 0. The molecule has 1 amide bonds. The Balaban J connectivity index is 4.22. The lowest BCUT2D eigenvalue weighted by atomic mass is 9.92. The molecule has 0 aromatic heterocycles. The summed E-state index contributed by atoms with van der Waals surface area (Å²) in [5, 5.41) is 11.6. The molecule has 0 saturated carbocycles. The molecule has 0 aliphatic heterocycles. The van der Waals surface area contributed by atoms with Crippen LogP contribution >= 0.6 is 0 Å². The number of carbonyl (C=O) groups is 3. The fourth-order valence-corrected chi connectivity index (χ4v) is 2.14. The molecule has 0 radical (unpaired) electrons. The Bertz CT molecular complexity index is 381. The Morgan fingerprint density at radius 1 is 1.04 bits per heavy atom. The topological polar surface area (TPSA) is 102 Å². The first kappa shape index (κ1) is 21.2. The highest BCUT2D eigenvalue weighted by Crippen LogP contribution is 2.18. The molecule has 7 heteroatoms. The molecule has 0 unspecified atom stereocenters. The van der Waals surface area contributed by atoms with Crippen molar-refractivity contribution in [3.63, 3.8) is 0 Å². The van der Waals surface area contributed by atoms with Crippen molar-refractivity contribution >= 4 is 18.0 Å². The number of rotatable bonds is 11. The second-order valence-corrected chi connectivity index (χ2v) is 5.49. The van der Waals surface area contributed by atoms with Crippen LogP contribution in [0.4, 0.5) is 4.79 Å². The van der Waals surface area contributed by atoms with Gasteiger partial charge in [0.2, 0.25) is 6.29 Å². The van der Waals surface area contributed by atoms with Crippen molar-refractivity contribution in [3.05, 3.63) is 0 Å². The molecule has 0 bridgehead atoms. The average molecular weight is 331 g/mol. The van der Waals surface area contributed by atoms with E-state index in [1.807, 2.05) is 0 Å². The Morgan fingerprint density at radius 2 is 1.65 bits per heavy atom. The summed E-state index contributed by atoms with van der Waals surface area (Å²) in [7, 11) is 0. The first-order chi connectivity index (χ1) is 10.8. The maximum atomic E-state index is 11.6. The zero-order valence-corrected chi connectivity index (χ0v) is 14.5. The highest BCUT2D eigenvalue weighted by atomic mass is 16.7. The Labute approximate surface area is 137 Å². The van der Waals surface area contributed by atoms with E-state index in [1.54, 1.807) is 6.92 Å². The Morgan fingerprint density at radius 3 is 2.13 bits per heavy atom. The number of esters is 1. The fraction of sp³-hybridized carbons (Fsp3) is 0.812. The van der Waals surface area contributed by atoms with Crippen molar-refractivity contribution in [3.8, 4) is 0 Å². The van der Waals surface area contributed by atoms with Crippen LogP contribution in [-0.2, 0) is 19.1 Å². The fourth-order valence-electron chi connectivity index (χ4n) is 2.14. The molecule has 0 aliphatic rings. The zero-order valence-electron chi connectivity index (χ0n) is 14.5. The van der Waals surface area contributed by atoms with Crippen LogP contribution in [0.25, 0.3) is 0 Å². The van der Waals surface area contributed by atoms with E-state index in [1.165, 1.54) is 6.92 Å². The minimum atomic E-state index is -1.00. The van der Waals surface area contributed by atoms with Crippen LogP contribution in [0.1, 0.15) is 59.8 Å². The normalized spacial score (nSPS) is 13.3. The van der Waals surface area contributed by atoms with Crippen LogP contribution in [0, 0.1) is 11.8 Å². The van der Waals surface area contributed by atoms with E-state index in [4.69, 9.17) is 9.47 Å². The Kier molecular flexibility index (Phi) is 10.8. The number of aliphatic carboxylic acids is 1. The van der Waals surface area contributed by atoms with Gasteiger partial charge in [0.1, 0.15) is 0 Å². The monoisotopic (exact) mass is 331 g/mol. The van der Waals surface area contributed by atoms with E-state index in [0.29, 0.717) is 12.3 Å². The molecule has 134 valence electrons. The van der Waals surface area contributed by atoms with E-state index in [9.17, 15) is 19.5 Å². The minimum absolute atomic E-state index is 0.0112. The third-order valence-corrected chi connectivity index (χ3v) is 3.78. The molecule has 0 aliphatic carbocycles. The lowest BCUT2D eigenvalue weighted by molar-refractivity contribution is -0.164. The maximum absolute atomic E-state index is 11.6. The molecule has 0 fully saturated rings. The van der Waals surface area contributed by atoms with Crippen LogP contribution in [0.5, 0.6) is 0 Å². The van der Waals surface area contributed by atoms with E-state index in [2.05, 4.69) is 19.2 Å². The third kappa shape index (κ3) is 9.76. The van der Waals surface area contributed by atoms with Crippen molar-refractivity contribution in [1.29, 1.82) is 0 Å². The molecule has 7 nitrogen and oxygen atoms in total. The molecule has 0 heterocycles. The predicted molar refractivity (Wildman–Crippen MR) is 84.8 cm³/mol. The van der Waals surface area contributed by atoms with Crippen molar-refractivity contribution in [1.82, 2.24) is 5.32 Å². The lowest BCUT2D eigenvalue weighted by Gasteiger charge is -2.18. The third-order valence-electron chi connectivity index (χ3n) is 3.78. The summed E-state index contributed by atoms with van der Waals surface area (Å²) in [6.45, 7) is 7.21. The number of carboxylic acids is 1. The smallest absolute Gasteiger partial charge is 0.410 e. The zero-order chi connectivity index (χ0) is 17.8. The van der Waals surface area contributed by atoms with E-state index in [0.717, 1.165) is 19.3 Å². The number of alkyl carbamates (subject to hydrolysis) is 1. The number of hydrogen-bond acceptors (Lipinski definition) is 5. The first-order valence-corrected chi connectivity index (χ1v) is 8.20. The van der Waals surface area contributed by atoms with Crippen LogP contribution in [0.15, 0.2) is 0 Å². The predicted octanol–water partition coefficient (Wildman–Crippen LogP) is 2.93. The van der Waals surface area contributed by atoms with Gasteiger partial charge in [-0.3, -0.25) is 9.59 Å².